The number of ether oxygens (including phenoxy) is 4. The molecule has 0 radical (unpaired) electrons. The Morgan fingerprint density at radius 3 is 1.39 bits per heavy atom. The molecular formula is C28H44N2O4S2. The molecule has 0 spiro atoms. The van der Waals surface area contributed by atoms with Crippen LogP contribution in [0.4, 0.5) is 0 Å². The van der Waals surface area contributed by atoms with Gasteiger partial charge in [0, 0.05) is 39.3 Å². The van der Waals surface area contributed by atoms with Crippen molar-refractivity contribution in [1.82, 2.24) is 9.80 Å². The zero-order valence-corrected chi connectivity index (χ0v) is 23.4. The van der Waals surface area contributed by atoms with Gasteiger partial charge in [-0.3, -0.25) is 9.80 Å². The summed E-state index contributed by atoms with van der Waals surface area (Å²) in [5.41, 5.74) is 0. The van der Waals surface area contributed by atoms with E-state index in [1.807, 2.05) is 22.7 Å². The summed E-state index contributed by atoms with van der Waals surface area (Å²) in [6.45, 7) is 11.1. The van der Waals surface area contributed by atoms with E-state index >= 15 is 0 Å². The molecule has 0 saturated carbocycles. The van der Waals surface area contributed by atoms with E-state index in [1.165, 1.54) is 48.3 Å². The Balaban J connectivity index is 0.959. The maximum atomic E-state index is 6.10. The van der Waals surface area contributed by atoms with Crippen LogP contribution in [-0.4, -0.2) is 75.6 Å². The first-order chi connectivity index (χ1) is 17.9. The van der Waals surface area contributed by atoms with E-state index < -0.39 is 0 Å². The minimum absolute atomic E-state index is 0.834. The predicted molar refractivity (Wildman–Crippen MR) is 149 cm³/mol. The molecule has 4 rings (SSSR count). The van der Waals surface area contributed by atoms with Crippen LogP contribution < -0.4 is 9.47 Å². The zero-order chi connectivity index (χ0) is 24.7. The molecule has 2 fully saturated rings. The minimum Gasteiger partial charge on any atom is -0.492 e. The van der Waals surface area contributed by atoms with Gasteiger partial charge < -0.3 is 18.9 Å². The normalized spacial score (nSPS) is 17.4. The van der Waals surface area contributed by atoms with Gasteiger partial charge in [0.15, 0.2) is 0 Å². The average Bonchev–Trinajstić information content (AvgIpc) is 3.55. The molecule has 0 bridgehead atoms. The Hall–Kier alpha value is -1.16. The fourth-order valence-electron chi connectivity index (χ4n) is 4.70. The lowest BCUT2D eigenvalue weighted by molar-refractivity contribution is 0.0342. The van der Waals surface area contributed by atoms with Gasteiger partial charge in [-0.1, -0.05) is 38.5 Å². The van der Waals surface area contributed by atoms with Gasteiger partial charge in [-0.25, -0.2) is 0 Å². The molecule has 8 heteroatoms. The van der Waals surface area contributed by atoms with E-state index in [4.69, 9.17) is 18.9 Å². The highest BCUT2D eigenvalue weighted by atomic mass is 32.1. The van der Waals surface area contributed by atoms with Gasteiger partial charge in [0.25, 0.3) is 0 Å². The van der Waals surface area contributed by atoms with Crippen LogP contribution in [0.5, 0.6) is 11.5 Å². The van der Waals surface area contributed by atoms with Gasteiger partial charge in [-0.15, -0.1) is 22.7 Å². The molecule has 36 heavy (non-hydrogen) atoms. The summed E-state index contributed by atoms with van der Waals surface area (Å²) in [4.78, 5) is 7.63. The minimum atomic E-state index is 0.834. The molecule has 0 unspecified atom stereocenters. The number of morpholine rings is 2. The second-order valence-electron chi connectivity index (χ2n) is 9.72. The smallest absolute Gasteiger partial charge is 0.134 e. The van der Waals surface area contributed by atoms with Crippen LogP contribution in [0.1, 0.15) is 61.1 Å². The van der Waals surface area contributed by atoms with Crippen molar-refractivity contribution < 1.29 is 18.9 Å². The summed E-state index contributed by atoms with van der Waals surface area (Å²) >= 11 is 3.62. The molecule has 0 N–H and O–H groups in total. The predicted octanol–water partition coefficient (Wildman–Crippen LogP) is 6.05. The number of thiophene rings is 2. The van der Waals surface area contributed by atoms with Crippen molar-refractivity contribution in [3.8, 4) is 11.5 Å². The highest BCUT2D eigenvalue weighted by molar-refractivity contribution is 7.10. The molecule has 2 aromatic rings. The summed E-state index contributed by atoms with van der Waals surface area (Å²) in [6, 6.07) is 4.26. The molecule has 0 amide bonds. The molecule has 4 heterocycles. The summed E-state index contributed by atoms with van der Waals surface area (Å²) in [5.74, 6) is 2.17. The monoisotopic (exact) mass is 536 g/mol. The topological polar surface area (TPSA) is 43.4 Å². The highest BCUT2D eigenvalue weighted by Gasteiger charge is 2.15. The van der Waals surface area contributed by atoms with Crippen LogP contribution in [0.2, 0.25) is 0 Å². The molecule has 6 nitrogen and oxygen atoms in total. The van der Waals surface area contributed by atoms with E-state index in [1.54, 1.807) is 0 Å². The Bertz CT molecular complexity index is 763. The first-order valence-electron chi connectivity index (χ1n) is 13.9. The van der Waals surface area contributed by atoms with Crippen molar-refractivity contribution in [1.29, 1.82) is 0 Å². The van der Waals surface area contributed by atoms with Gasteiger partial charge in [0.2, 0.25) is 0 Å². The first kappa shape index (κ1) is 27.9. The Morgan fingerprint density at radius 2 is 0.972 bits per heavy atom. The summed E-state index contributed by atoms with van der Waals surface area (Å²) in [6.07, 6.45) is 10.1. The molecule has 2 aliphatic rings. The lowest BCUT2D eigenvalue weighted by atomic mass is 10.1. The van der Waals surface area contributed by atoms with Crippen molar-refractivity contribution in [2.45, 2.75) is 64.5 Å². The van der Waals surface area contributed by atoms with Crippen LogP contribution >= 0.6 is 22.7 Å². The number of rotatable bonds is 17. The largest absolute Gasteiger partial charge is 0.492 e. The molecule has 2 aromatic heterocycles. The van der Waals surface area contributed by atoms with Crippen LogP contribution in [-0.2, 0) is 22.6 Å². The summed E-state index contributed by atoms with van der Waals surface area (Å²) in [7, 11) is 0. The van der Waals surface area contributed by atoms with Gasteiger partial charge in [-0.2, -0.15) is 0 Å². The van der Waals surface area contributed by atoms with Crippen molar-refractivity contribution in [2.75, 3.05) is 65.8 Å². The van der Waals surface area contributed by atoms with Crippen LogP contribution in [0, 0.1) is 0 Å². The summed E-state index contributed by atoms with van der Waals surface area (Å²) < 4.78 is 23.1. The molecule has 0 aliphatic carbocycles. The molecule has 2 aliphatic heterocycles. The van der Waals surface area contributed by atoms with Gasteiger partial charge in [0.05, 0.1) is 49.4 Å². The number of nitrogens with zero attached hydrogens (tertiary/aromatic N) is 2. The maximum Gasteiger partial charge on any atom is 0.134 e. The first-order valence-corrected chi connectivity index (χ1v) is 15.6. The average molecular weight is 537 g/mol. The number of hydrogen-bond acceptors (Lipinski definition) is 8. The fraction of sp³-hybridized carbons (Fsp3) is 0.714. The molecule has 0 atom stereocenters. The van der Waals surface area contributed by atoms with Crippen molar-refractivity contribution in [3.05, 3.63) is 32.6 Å². The van der Waals surface area contributed by atoms with E-state index in [-0.39, 0.29) is 0 Å². The van der Waals surface area contributed by atoms with Crippen LogP contribution in [0.25, 0.3) is 0 Å². The van der Waals surface area contributed by atoms with E-state index in [0.717, 1.165) is 103 Å². The fourth-order valence-corrected chi connectivity index (χ4v) is 6.41. The Morgan fingerprint density at radius 1 is 0.583 bits per heavy atom. The second kappa shape index (κ2) is 16.6. The molecule has 2 saturated heterocycles. The van der Waals surface area contributed by atoms with Crippen LogP contribution in [0.15, 0.2) is 22.9 Å². The standard InChI is InChI=1S/C28H44N2O4S2/c1(3-5-7-15-33-25-9-21-35-27(25)23-29-11-17-31-18-12-29)2-4-6-8-16-34-26-10-22-36-28(26)24-30-13-19-32-20-14-30/h9-10,21-22H,1-8,11-20,23-24H2. The maximum absolute atomic E-state index is 6.10. The third-order valence-corrected chi connectivity index (χ3v) is 8.68. The van der Waals surface area contributed by atoms with Crippen molar-refractivity contribution in [2.24, 2.45) is 0 Å². The number of hydrogen-bond donors (Lipinski definition) is 0. The van der Waals surface area contributed by atoms with E-state index in [0.29, 0.717) is 0 Å². The highest BCUT2D eigenvalue weighted by Crippen LogP contribution is 2.28. The Kier molecular flexibility index (Phi) is 12.9. The molecule has 202 valence electrons. The van der Waals surface area contributed by atoms with Crippen LogP contribution in [0.3, 0.4) is 0 Å². The van der Waals surface area contributed by atoms with Gasteiger partial charge >= 0.3 is 0 Å². The third kappa shape index (κ3) is 9.95. The SMILES string of the molecule is c1cc(OCCCCCCCCCCOc2ccsc2CN2CCOCC2)c(CN2CCOCC2)s1. The third-order valence-electron chi connectivity index (χ3n) is 6.90. The molecule has 0 aromatic carbocycles. The lowest BCUT2D eigenvalue weighted by Gasteiger charge is -2.26. The van der Waals surface area contributed by atoms with Gasteiger partial charge in [0.1, 0.15) is 11.5 Å². The molecular weight excluding hydrogens is 492 g/mol. The zero-order valence-electron chi connectivity index (χ0n) is 21.8. The lowest BCUT2D eigenvalue weighted by Crippen LogP contribution is -2.35. The van der Waals surface area contributed by atoms with Gasteiger partial charge in [-0.05, 0) is 35.7 Å². The number of unbranched alkanes of at least 4 members (excludes halogenated alkanes) is 7. The summed E-state index contributed by atoms with van der Waals surface area (Å²) in [5, 5.41) is 4.31. The van der Waals surface area contributed by atoms with E-state index in [9.17, 15) is 0 Å². The second-order valence-corrected chi connectivity index (χ2v) is 11.7. The Labute approximate surface area is 225 Å². The van der Waals surface area contributed by atoms with Crippen molar-refractivity contribution >= 4 is 22.7 Å². The van der Waals surface area contributed by atoms with E-state index in [2.05, 4.69) is 32.7 Å². The van der Waals surface area contributed by atoms with Crippen molar-refractivity contribution in [3.63, 3.8) is 0 Å². The quantitative estimate of drug-likeness (QED) is 0.229.